The van der Waals surface area contributed by atoms with Gasteiger partial charge in [0.2, 0.25) is 12.7 Å². The Morgan fingerprint density at radius 3 is 2.78 bits per heavy atom. The van der Waals surface area contributed by atoms with Gasteiger partial charge in [0, 0.05) is 5.56 Å². The van der Waals surface area contributed by atoms with Crippen molar-refractivity contribution in [2.24, 2.45) is 4.99 Å². The molecule has 0 saturated carbocycles. The van der Waals surface area contributed by atoms with Crippen LogP contribution in [0.5, 0.6) is 23.0 Å². The molecule has 0 unspecified atom stereocenters. The highest BCUT2D eigenvalue weighted by Gasteiger charge is 2.26. The number of methoxy groups -OCH3 is 1. The van der Waals surface area contributed by atoms with Crippen LogP contribution in [0.2, 0.25) is 0 Å². The highest BCUT2D eigenvalue weighted by Crippen LogP contribution is 2.34. The van der Waals surface area contributed by atoms with E-state index in [0.29, 0.717) is 35.2 Å². The van der Waals surface area contributed by atoms with Gasteiger partial charge >= 0.3 is 5.97 Å². The van der Waals surface area contributed by atoms with Crippen molar-refractivity contribution >= 4 is 17.9 Å². The Labute approximate surface area is 155 Å². The van der Waals surface area contributed by atoms with E-state index in [1.54, 1.807) is 43.5 Å². The molecule has 0 bridgehead atoms. The summed E-state index contributed by atoms with van der Waals surface area (Å²) in [6, 6.07) is 10.6. The van der Waals surface area contributed by atoms with E-state index in [9.17, 15) is 4.79 Å². The molecule has 2 aliphatic rings. The SMILES string of the molecule is CCOc1cc(/C=C2\N=C(c3ccc4c(c3)OCO4)OC2=O)ccc1OC. The van der Waals surface area contributed by atoms with Crippen LogP contribution in [0, 0.1) is 0 Å². The molecule has 7 nitrogen and oxygen atoms in total. The fourth-order valence-electron chi connectivity index (χ4n) is 2.77. The quantitative estimate of drug-likeness (QED) is 0.597. The first-order chi connectivity index (χ1) is 13.2. The summed E-state index contributed by atoms with van der Waals surface area (Å²) in [5.41, 5.74) is 1.60. The third-order valence-corrected chi connectivity index (χ3v) is 4.03. The second-order valence-corrected chi connectivity index (χ2v) is 5.75. The first kappa shape index (κ1) is 17.0. The number of esters is 1. The van der Waals surface area contributed by atoms with Crippen molar-refractivity contribution in [3.63, 3.8) is 0 Å². The van der Waals surface area contributed by atoms with Crippen LogP contribution < -0.4 is 18.9 Å². The summed E-state index contributed by atoms with van der Waals surface area (Å²) < 4.78 is 26.8. The first-order valence-electron chi connectivity index (χ1n) is 8.41. The van der Waals surface area contributed by atoms with Crippen LogP contribution in [0.1, 0.15) is 18.1 Å². The third kappa shape index (κ3) is 3.31. The van der Waals surface area contributed by atoms with Gasteiger partial charge in [-0.2, -0.15) is 0 Å². The predicted octanol–water partition coefficient (Wildman–Crippen LogP) is 3.17. The monoisotopic (exact) mass is 367 g/mol. The fraction of sp³-hybridized carbons (Fsp3) is 0.200. The van der Waals surface area contributed by atoms with E-state index in [0.717, 1.165) is 5.56 Å². The minimum Gasteiger partial charge on any atom is -0.493 e. The number of hydrogen-bond acceptors (Lipinski definition) is 7. The van der Waals surface area contributed by atoms with Gasteiger partial charge in [0.05, 0.1) is 13.7 Å². The van der Waals surface area contributed by atoms with Crippen LogP contribution >= 0.6 is 0 Å². The van der Waals surface area contributed by atoms with Crippen molar-refractivity contribution < 1.29 is 28.5 Å². The zero-order valence-electron chi connectivity index (χ0n) is 14.9. The summed E-state index contributed by atoms with van der Waals surface area (Å²) in [4.78, 5) is 16.5. The average Bonchev–Trinajstić information content (AvgIpc) is 3.28. The number of cyclic esters (lactones) is 1. The number of rotatable bonds is 5. The van der Waals surface area contributed by atoms with E-state index >= 15 is 0 Å². The summed E-state index contributed by atoms with van der Waals surface area (Å²) in [6.07, 6.45) is 1.64. The lowest BCUT2D eigenvalue weighted by atomic mass is 10.1. The molecule has 2 aromatic rings. The Kier molecular flexibility index (Phi) is 4.42. The second-order valence-electron chi connectivity index (χ2n) is 5.75. The van der Waals surface area contributed by atoms with Crippen LogP contribution in [-0.4, -0.2) is 32.4 Å². The van der Waals surface area contributed by atoms with Crippen molar-refractivity contribution in [1.29, 1.82) is 0 Å². The van der Waals surface area contributed by atoms with E-state index < -0.39 is 5.97 Å². The number of carbonyl (C=O) groups excluding carboxylic acids is 1. The highest BCUT2D eigenvalue weighted by molar-refractivity contribution is 6.13. The third-order valence-electron chi connectivity index (χ3n) is 4.03. The van der Waals surface area contributed by atoms with Gasteiger partial charge in [0.25, 0.3) is 0 Å². The maximum atomic E-state index is 12.2. The van der Waals surface area contributed by atoms with Crippen LogP contribution in [0.3, 0.4) is 0 Å². The molecule has 2 aromatic carbocycles. The molecule has 0 aliphatic carbocycles. The topological polar surface area (TPSA) is 75.6 Å². The Hall–Kier alpha value is -3.48. The Balaban J connectivity index is 1.64. The van der Waals surface area contributed by atoms with Crippen LogP contribution in [0.25, 0.3) is 6.08 Å². The molecule has 4 rings (SSSR count). The van der Waals surface area contributed by atoms with Crippen LogP contribution in [0.4, 0.5) is 0 Å². The molecule has 0 spiro atoms. The molecular formula is C20H17NO6. The summed E-state index contributed by atoms with van der Waals surface area (Å²) in [5.74, 6) is 2.18. The Bertz CT molecular complexity index is 963. The number of aliphatic imine (C=N–C) groups is 1. The van der Waals surface area contributed by atoms with Gasteiger partial charge in [-0.05, 0) is 48.9 Å². The zero-order valence-corrected chi connectivity index (χ0v) is 14.9. The molecule has 7 heteroatoms. The number of hydrogen-bond donors (Lipinski definition) is 0. The van der Waals surface area contributed by atoms with Gasteiger partial charge in [-0.3, -0.25) is 0 Å². The van der Waals surface area contributed by atoms with E-state index in [4.69, 9.17) is 23.7 Å². The summed E-state index contributed by atoms with van der Waals surface area (Å²) in [6.45, 7) is 2.57. The molecule has 138 valence electrons. The standard InChI is InChI=1S/C20H17NO6/c1-3-24-17-9-12(4-6-15(17)23-2)8-14-20(22)27-19(21-14)13-5-7-16-18(10-13)26-11-25-16/h4-10H,3,11H2,1-2H3/b14-8-. The number of carbonyl (C=O) groups is 1. The maximum Gasteiger partial charge on any atom is 0.363 e. The summed E-state index contributed by atoms with van der Waals surface area (Å²) in [7, 11) is 1.58. The van der Waals surface area contributed by atoms with Crippen molar-refractivity contribution in [3.8, 4) is 23.0 Å². The lowest BCUT2D eigenvalue weighted by Gasteiger charge is -2.09. The van der Waals surface area contributed by atoms with Crippen LogP contribution in [0.15, 0.2) is 47.1 Å². The summed E-state index contributed by atoms with van der Waals surface area (Å²) >= 11 is 0. The lowest BCUT2D eigenvalue weighted by Crippen LogP contribution is -2.05. The molecule has 0 amide bonds. The van der Waals surface area contributed by atoms with E-state index in [1.807, 2.05) is 13.0 Å². The minimum atomic E-state index is -0.517. The number of benzene rings is 2. The summed E-state index contributed by atoms with van der Waals surface area (Å²) in [5, 5.41) is 0. The lowest BCUT2D eigenvalue weighted by molar-refractivity contribution is -0.129. The van der Waals surface area contributed by atoms with E-state index in [1.165, 1.54) is 0 Å². The first-order valence-corrected chi connectivity index (χ1v) is 8.41. The zero-order chi connectivity index (χ0) is 18.8. The molecule has 2 heterocycles. The van der Waals surface area contributed by atoms with Gasteiger partial charge < -0.3 is 23.7 Å². The number of ether oxygens (including phenoxy) is 5. The fourth-order valence-corrected chi connectivity index (χ4v) is 2.77. The molecule has 0 fully saturated rings. The Morgan fingerprint density at radius 2 is 1.96 bits per heavy atom. The minimum absolute atomic E-state index is 0.176. The van der Waals surface area contributed by atoms with E-state index in [2.05, 4.69) is 4.99 Å². The van der Waals surface area contributed by atoms with Crippen molar-refractivity contribution in [3.05, 3.63) is 53.2 Å². The smallest absolute Gasteiger partial charge is 0.363 e. The van der Waals surface area contributed by atoms with Gasteiger partial charge in [-0.25, -0.2) is 9.79 Å². The normalized spacial score (nSPS) is 16.3. The molecule has 2 aliphatic heterocycles. The maximum absolute atomic E-state index is 12.2. The molecule has 0 aromatic heterocycles. The highest BCUT2D eigenvalue weighted by atomic mass is 16.7. The predicted molar refractivity (Wildman–Crippen MR) is 97.3 cm³/mol. The van der Waals surface area contributed by atoms with Gasteiger partial charge in [-0.15, -0.1) is 0 Å². The average molecular weight is 367 g/mol. The molecule has 0 N–H and O–H groups in total. The second kappa shape index (κ2) is 7.03. The largest absolute Gasteiger partial charge is 0.493 e. The van der Waals surface area contributed by atoms with Crippen molar-refractivity contribution in [1.82, 2.24) is 0 Å². The molecule has 0 atom stereocenters. The molecule has 0 saturated heterocycles. The van der Waals surface area contributed by atoms with Gasteiger partial charge in [0.1, 0.15) is 0 Å². The van der Waals surface area contributed by atoms with Gasteiger partial charge in [-0.1, -0.05) is 6.07 Å². The van der Waals surface area contributed by atoms with Crippen LogP contribution in [-0.2, 0) is 9.53 Å². The van der Waals surface area contributed by atoms with Crippen molar-refractivity contribution in [2.45, 2.75) is 6.92 Å². The van der Waals surface area contributed by atoms with Gasteiger partial charge in [0.15, 0.2) is 28.7 Å². The Morgan fingerprint density at radius 1 is 1.11 bits per heavy atom. The van der Waals surface area contributed by atoms with E-state index in [-0.39, 0.29) is 18.4 Å². The molecular weight excluding hydrogens is 350 g/mol. The number of nitrogens with zero attached hydrogens (tertiary/aromatic N) is 1. The van der Waals surface area contributed by atoms with Crippen molar-refractivity contribution in [2.75, 3.05) is 20.5 Å². The molecule has 27 heavy (non-hydrogen) atoms. The number of fused-ring (bicyclic) bond motifs is 1. The molecule has 0 radical (unpaired) electrons.